The molecule has 1 aliphatic heterocycles. The molecule has 0 aliphatic carbocycles. The average Bonchev–Trinajstić information content (AvgIpc) is 3.67. The lowest BCUT2D eigenvalue weighted by molar-refractivity contribution is -0.152. The molecular formula is C31H30N8O3. The number of H-pyrrole nitrogens is 2. The lowest BCUT2D eigenvalue weighted by atomic mass is 9.95. The predicted molar refractivity (Wildman–Crippen MR) is 158 cm³/mol. The van der Waals surface area contributed by atoms with E-state index < -0.39 is 6.04 Å². The maximum Gasteiger partial charge on any atom is 0.323 e. The number of ether oxygens (including phenoxy) is 1. The van der Waals surface area contributed by atoms with E-state index in [0.29, 0.717) is 53.8 Å². The molecule has 1 saturated heterocycles. The quantitative estimate of drug-likeness (QED) is 0.195. The number of nitrogens with one attached hydrogen (secondary N) is 2. The number of nitrogens with two attached hydrogens (primary N) is 1. The molecule has 1 atom stereocenters. The maximum atomic E-state index is 13.5. The first-order valence-electron chi connectivity index (χ1n) is 13.9. The molecule has 0 radical (unpaired) electrons. The van der Waals surface area contributed by atoms with Gasteiger partial charge in [0.25, 0.3) is 0 Å². The fourth-order valence-corrected chi connectivity index (χ4v) is 5.22. The topological polar surface area (TPSA) is 167 Å². The van der Waals surface area contributed by atoms with Crippen molar-refractivity contribution in [1.29, 1.82) is 5.26 Å². The molecule has 4 N–H and O–H groups in total. The standard InChI is InChI=1S/C31H30N8O3/c1-17(2)27(33)31(41)42-20-8-11-39(12-9-20)26-6-5-24-29(37-26)38-30(36-24)28(40)18-3-4-19(14-32)22(13-18)23-15-34-16-25-21(23)7-10-35-25/h3-7,10,13,15-17,20,27,35H,8-9,11-12,33H2,1-2H3,(H,36,37,38)/t27-/m0/s1. The molecule has 6 rings (SSSR count). The monoisotopic (exact) mass is 562 g/mol. The molecule has 0 amide bonds. The number of hydrogen-bond donors (Lipinski definition) is 3. The highest BCUT2D eigenvalue weighted by molar-refractivity contribution is 6.09. The summed E-state index contributed by atoms with van der Waals surface area (Å²) in [7, 11) is 0. The summed E-state index contributed by atoms with van der Waals surface area (Å²) in [6, 6.07) is 12.2. The minimum absolute atomic E-state index is 0.0230. The molecule has 0 bridgehead atoms. The Morgan fingerprint density at radius 3 is 2.64 bits per heavy atom. The number of pyridine rings is 2. The highest BCUT2D eigenvalue weighted by atomic mass is 16.5. The van der Waals surface area contributed by atoms with Gasteiger partial charge < -0.3 is 25.3 Å². The zero-order valence-electron chi connectivity index (χ0n) is 23.3. The SMILES string of the molecule is CC(C)[C@H](N)C(=O)OC1CCN(c2ccc3[nH]c(C(=O)c4ccc(C#N)c(-c5cncc6[nH]ccc56)c4)nc3n2)CC1. The van der Waals surface area contributed by atoms with Crippen molar-refractivity contribution in [3.63, 3.8) is 0 Å². The number of benzene rings is 1. The predicted octanol–water partition coefficient (Wildman–Crippen LogP) is 4.10. The van der Waals surface area contributed by atoms with Crippen LogP contribution in [0.5, 0.6) is 0 Å². The van der Waals surface area contributed by atoms with Crippen LogP contribution in [-0.2, 0) is 9.53 Å². The van der Waals surface area contributed by atoms with Gasteiger partial charge in [0.05, 0.1) is 28.9 Å². The Bertz CT molecular complexity index is 1840. The number of nitrogens with zero attached hydrogens (tertiary/aromatic N) is 5. The third-order valence-corrected chi connectivity index (χ3v) is 7.75. The molecule has 1 aromatic carbocycles. The molecule has 0 saturated carbocycles. The Hall–Kier alpha value is -5.08. The Balaban J connectivity index is 1.20. The van der Waals surface area contributed by atoms with Crippen molar-refractivity contribution < 1.29 is 14.3 Å². The van der Waals surface area contributed by atoms with Gasteiger partial charge in [0.15, 0.2) is 11.5 Å². The summed E-state index contributed by atoms with van der Waals surface area (Å²) in [5.41, 5.74) is 10.1. The van der Waals surface area contributed by atoms with Crippen LogP contribution in [0.4, 0.5) is 5.82 Å². The zero-order valence-corrected chi connectivity index (χ0v) is 23.3. The summed E-state index contributed by atoms with van der Waals surface area (Å²) in [6.45, 7) is 5.13. The first kappa shape index (κ1) is 27.1. The summed E-state index contributed by atoms with van der Waals surface area (Å²) in [5, 5.41) is 10.7. The summed E-state index contributed by atoms with van der Waals surface area (Å²) in [4.78, 5) is 47.6. The van der Waals surface area contributed by atoms with Gasteiger partial charge in [-0.1, -0.05) is 13.8 Å². The third kappa shape index (κ3) is 5.08. The summed E-state index contributed by atoms with van der Waals surface area (Å²) >= 11 is 0. The van der Waals surface area contributed by atoms with Crippen molar-refractivity contribution in [3.8, 4) is 17.2 Å². The van der Waals surface area contributed by atoms with Crippen molar-refractivity contribution in [2.24, 2.45) is 11.7 Å². The number of anilines is 1. The number of carbonyl (C=O) groups is 2. The van der Waals surface area contributed by atoms with Crippen LogP contribution in [0.1, 0.15) is 48.4 Å². The Kier molecular flexibility index (Phi) is 7.14. The molecule has 1 fully saturated rings. The van der Waals surface area contributed by atoms with E-state index in [-0.39, 0.29) is 29.6 Å². The second-order valence-electron chi connectivity index (χ2n) is 10.8. The smallest absolute Gasteiger partial charge is 0.323 e. The van der Waals surface area contributed by atoms with Crippen molar-refractivity contribution in [2.45, 2.75) is 38.8 Å². The second kappa shape index (κ2) is 11.1. The number of piperidine rings is 1. The molecule has 42 heavy (non-hydrogen) atoms. The van der Waals surface area contributed by atoms with Crippen LogP contribution in [0.3, 0.4) is 0 Å². The number of imidazole rings is 1. The Morgan fingerprint density at radius 1 is 1.07 bits per heavy atom. The molecule has 5 heterocycles. The number of ketones is 1. The van der Waals surface area contributed by atoms with Crippen LogP contribution in [0.15, 0.2) is 55.0 Å². The molecule has 212 valence electrons. The van der Waals surface area contributed by atoms with E-state index in [1.807, 2.05) is 38.2 Å². The number of aromatic nitrogens is 5. The Labute approximate surface area is 241 Å². The van der Waals surface area contributed by atoms with Crippen molar-refractivity contribution in [1.82, 2.24) is 24.9 Å². The normalized spacial score (nSPS) is 14.8. The third-order valence-electron chi connectivity index (χ3n) is 7.75. The summed E-state index contributed by atoms with van der Waals surface area (Å²) in [5.74, 6) is 0.260. The fourth-order valence-electron chi connectivity index (χ4n) is 5.22. The largest absolute Gasteiger partial charge is 0.461 e. The highest BCUT2D eigenvalue weighted by Crippen LogP contribution is 2.31. The van der Waals surface area contributed by atoms with Crippen LogP contribution in [0.25, 0.3) is 33.2 Å². The number of carbonyl (C=O) groups excluding carboxylic acids is 2. The average molecular weight is 563 g/mol. The van der Waals surface area contributed by atoms with Gasteiger partial charge in [0, 0.05) is 60.4 Å². The summed E-state index contributed by atoms with van der Waals surface area (Å²) < 4.78 is 5.62. The molecule has 11 heteroatoms. The maximum absolute atomic E-state index is 13.5. The van der Waals surface area contributed by atoms with E-state index in [9.17, 15) is 14.9 Å². The van der Waals surface area contributed by atoms with Crippen LogP contribution in [-0.4, -0.2) is 61.9 Å². The number of nitriles is 1. The van der Waals surface area contributed by atoms with Crippen molar-refractivity contribution in [3.05, 3.63) is 71.9 Å². The van der Waals surface area contributed by atoms with Gasteiger partial charge in [0.2, 0.25) is 5.78 Å². The lowest BCUT2D eigenvalue weighted by Gasteiger charge is -2.33. The van der Waals surface area contributed by atoms with E-state index in [2.05, 4.69) is 30.9 Å². The van der Waals surface area contributed by atoms with Crippen LogP contribution in [0.2, 0.25) is 0 Å². The number of aromatic amines is 2. The van der Waals surface area contributed by atoms with Gasteiger partial charge in [-0.25, -0.2) is 9.97 Å². The minimum atomic E-state index is -0.620. The second-order valence-corrected chi connectivity index (χ2v) is 10.8. The van der Waals surface area contributed by atoms with E-state index in [0.717, 1.165) is 22.3 Å². The zero-order chi connectivity index (χ0) is 29.4. The van der Waals surface area contributed by atoms with Crippen molar-refractivity contribution >= 4 is 39.6 Å². The molecule has 4 aromatic heterocycles. The molecule has 5 aromatic rings. The number of rotatable bonds is 7. The van der Waals surface area contributed by atoms with Gasteiger partial charge in [-0.05, 0) is 42.3 Å². The van der Waals surface area contributed by atoms with Crippen molar-refractivity contribution in [2.75, 3.05) is 18.0 Å². The van der Waals surface area contributed by atoms with Crippen LogP contribution < -0.4 is 10.6 Å². The van der Waals surface area contributed by atoms with Gasteiger partial charge in [0.1, 0.15) is 18.0 Å². The minimum Gasteiger partial charge on any atom is -0.461 e. The van der Waals surface area contributed by atoms with Gasteiger partial charge in [-0.2, -0.15) is 5.26 Å². The molecule has 0 unspecified atom stereocenters. The van der Waals surface area contributed by atoms with Gasteiger partial charge in [-0.3, -0.25) is 14.6 Å². The first-order chi connectivity index (χ1) is 20.3. The highest BCUT2D eigenvalue weighted by Gasteiger charge is 2.27. The number of esters is 1. The molecule has 1 aliphatic rings. The van der Waals surface area contributed by atoms with E-state index in [1.165, 1.54) is 0 Å². The number of hydrogen-bond acceptors (Lipinski definition) is 9. The van der Waals surface area contributed by atoms with Gasteiger partial charge >= 0.3 is 5.97 Å². The van der Waals surface area contributed by atoms with E-state index in [1.54, 1.807) is 30.6 Å². The van der Waals surface area contributed by atoms with Gasteiger partial charge in [-0.15, -0.1) is 0 Å². The van der Waals surface area contributed by atoms with E-state index >= 15 is 0 Å². The molecule has 0 spiro atoms. The first-order valence-corrected chi connectivity index (χ1v) is 13.9. The molecular weight excluding hydrogens is 532 g/mol. The Morgan fingerprint density at radius 2 is 1.88 bits per heavy atom. The van der Waals surface area contributed by atoms with Crippen LogP contribution >= 0.6 is 0 Å². The van der Waals surface area contributed by atoms with Crippen LogP contribution in [0, 0.1) is 17.2 Å². The number of fused-ring (bicyclic) bond motifs is 2. The lowest BCUT2D eigenvalue weighted by Crippen LogP contribution is -2.43. The fraction of sp³-hybridized carbons (Fsp3) is 0.290. The molecule has 11 nitrogen and oxygen atoms in total. The summed E-state index contributed by atoms with van der Waals surface area (Å²) in [6.07, 6.45) is 6.40. The van der Waals surface area contributed by atoms with E-state index in [4.69, 9.17) is 15.5 Å².